The first-order valence-corrected chi connectivity index (χ1v) is 12.8. The second-order valence-corrected chi connectivity index (χ2v) is 8.52. The van der Waals surface area contributed by atoms with Gasteiger partial charge in [-0.3, -0.25) is 9.78 Å². The maximum absolute atomic E-state index is 9.37. The van der Waals surface area contributed by atoms with Gasteiger partial charge in [0.2, 0.25) is 0 Å². The molecule has 5 heteroatoms. The van der Waals surface area contributed by atoms with Gasteiger partial charge in [0.25, 0.3) is 0 Å². The van der Waals surface area contributed by atoms with E-state index < -0.39 is 5.97 Å². The molecule has 0 saturated carbocycles. The average Bonchev–Trinajstić information content (AvgIpc) is 3.38. The lowest BCUT2D eigenvalue weighted by atomic mass is 9.91. The quantitative estimate of drug-likeness (QED) is 0.295. The molecule has 0 unspecified atom stereocenters. The van der Waals surface area contributed by atoms with E-state index in [2.05, 4.69) is 60.8 Å². The minimum atomic E-state index is -0.745. The summed E-state index contributed by atoms with van der Waals surface area (Å²) in [6, 6.07) is 16.6. The fourth-order valence-corrected chi connectivity index (χ4v) is 4.31. The predicted octanol–water partition coefficient (Wildman–Crippen LogP) is 8.49. The number of nitrogens with zero attached hydrogens (tertiary/aromatic N) is 1. The lowest BCUT2D eigenvalue weighted by Crippen LogP contribution is -2.01. The summed E-state index contributed by atoms with van der Waals surface area (Å²) in [5.41, 5.74) is 9.72. The Kier molecular flexibility index (Phi) is 11.2. The van der Waals surface area contributed by atoms with Crippen molar-refractivity contribution in [3.63, 3.8) is 0 Å². The number of rotatable bonds is 6. The highest BCUT2D eigenvalue weighted by Gasteiger charge is 2.18. The molecular weight excluding hydrogens is 454 g/mol. The highest BCUT2D eigenvalue weighted by atomic mass is 32.1. The Morgan fingerprint density at radius 1 is 0.971 bits per heavy atom. The molecule has 2 aromatic heterocycles. The maximum atomic E-state index is 9.37. The van der Waals surface area contributed by atoms with Crippen molar-refractivity contribution < 1.29 is 14.6 Å². The van der Waals surface area contributed by atoms with Gasteiger partial charge in [0.05, 0.1) is 0 Å². The monoisotopic (exact) mass is 489 g/mol. The normalized spacial score (nSPS) is 9.89. The highest BCUT2D eigenvalue weighted by Crippen LogP contribution is 2.43. The van der Waals surface area contributed by atoms with Gasteiger partial charge in [0.15, 0.2) is 0 Å². The van der Waals surface area contributed by atoms with Gasteiger partial charge in [0.1, 0.15) is 12.4 Å². The standard InChI is InChI=1S/C25H23NOS.C3H6O2.C2H6/c1-17-12-24(27-14-20-8-5-4-6-9-20)25(19(3)18(17)2)23-16-28-15-22(23)21-10-7-11-26-13-21;1-2-3(4)5;1-2/h4-13,15-16H,14H2,1-3H3;2H2,1H3,(H,4,5);1-2H3. The van der Waals surface area contributed by atoms with Gasteiger partial charge in [-0.25, -0.2) is 0 Å². The van der Waals surface area contributed by atoms with Crippen molar-refractivity contribution in [2.45, 2.75) is 54.6 Å². The number of aryl methyl sites for hydroxylation is 1. The fraction of sp³-hybridized carbons (Fsp3) is 0.267. The molecule has 2 aromatic carbocycles. The number of pyridine rings is 1. The molecule has 35 heavy (non-hydrogen) atoms. The van der Waals surface area contributed by atoms with Crippen LogP contribution < -0.4 is 4.74 Å². The second-order valence-electron chi connectivity index (χ2n) is 7.78. The van der Waals surface area contributed by atoms with E-state index >= 15 is 0 Å². The molecule has 184 valence electrons. The molecule has 0 aliphatic rings. The van der Waals surface area contributed by atoms with Crippen molar-refractivity contribution in [3.05, 3.63) is 93.9 Å². The largest absolute Gasteiger partial charge is 0.488 e. The van der Waals surface area contributed by atoms with Crippen molar-refractivity contribution in [1.82, 2.24) is 4.98 Å². The Hall–Kier alpha value is -3.44. The fourth-order valence-electron chi connectivity index (χ4n) is 3.47. The molecule has 4 nitrogen and oxygen atoms in total. The predicted molar refractivity (Wildman–Crippen MR) is 147 cm³/mol. The van der Waals surface area contributed by atoms with Gasteiger partial charge in [-0.2, -0.15) is 11.3 Å². The van der Waals surface area contributed by atoms with Gasteiger partial charge >= 0.3 is 5.97 Å². The van der Waals surface area contributed by atoms with Crippen LogP contribution in [0.2, 0.25) is 0 Å². The zero-order valence-corrected chi connectivity index (χ0v) is 22.3. The van der Waals surface area contributed by atoms with Crippen LogP contribution in [-0.2, 0) is 11.4 Å². The van der Waals surface area contributed by atoms with Gasteiger partial charge in [-0.15, -0.1) is 0 Å². The van der Waals surface area contributed by atoms with Crippen LogP contribution in [0, 0.1) is 20.8 Å². The van der Waals surface area contributed by atoms with E-state index in [-0.39, 0.29) is 6.42 Å². The smallest absolute Gasteiger partial charge is 0.303 e. The molecular formula is C30H35NO3S. The lowest BCUT2D eigenvalue weighted by Gasteiger charge is -2.19. The molecule has 2 heterocycles. The third-order valence-corrected chi connectivity index (χ3v) is 6.31. The first-order chi connectivity index (χ1) is 16.9. The Morgan fingerprint density at radius 3 is 2.23 bits per heavy atom. The topological polar surface area (TPSA) is 59.4 Å². The highest BCUT2D eigenvalue weighted by molar-refractivity contribution is 7.08. The molecule has 1 N–H and O–H groups in total. The van der Waals surface area contributed by atoms with E-state index in [1.165, 1.54) is 38.9 Å². The molecule has 4 aromatic rings. The molecule has 0 aliphatic carbocycles. The average molecular weight is 490 g/mol. The van der Waals surface area contributed by atoms with Crippen molar-refractivity contribution in [3.8, 4) is 28.0 Å². The summed E-state index contributed by atoms with van der Waals surface area (Å²) in [5, 5.41) is 12.1. The van der Waals surface area contributed by atoms with Gasteiger partial charge in [-0.05, 0) is 65.9 Å². The van der Waals surface area contributed by atoms with E-state index in [1.54, 1.807) is 18.3 Å². The van der Waals surface area contributed by atoms with E-state index in [1.807, 2.05) is 50.5 Å². The summed E-state index contributed by atoms with van der Waals surface area (Å²) >= 11 is 1.71. The lowest BCUT2D eigenvalue weighted by molar-refractivity contribution is -0.136. The zero-order chi connectivity index (χ0) is 25.8. The van der Waals surface area contributed by atoms with Crippen molar-refractivity contribution in [2.24, 2.45) is 0 Å². The summed E-state index contributed by atoms with van der Waals surface area (Å²) in [6.07, 6.45) is 3.96. The first kappa shape index (κ1) is 27.8. The Bertz CT molecular complexity index is 1200. The molecule has 0 radical (unpaired) electrons. The minimum absolute atomic E-state index is 0.222. The molecule has 4 rings (SSSR count). The molecule has 0 amide bonds. The van der Waals surface area contributed by atoms with Crippen LogP contribution >= 0.6 is 11.3 Å². The van der Waals surface area contributed by atoms with E-state index in [0.717, 1.165) is 11.3 Å². The summed E-state index contributed by atoms with van der Waals surface area (Å²) < 4.78 is 6.34. The Labute approximate surface area is 213 Å². The second kappa shape index (κ2) is 14.1. The molecule has 0 saturated heterocycles. The number of benzene rings is 2. The Morgan fingerprint density at radius 2 is 1.63 bits per heavy atom. The van der Waals surface area contributed by atoms with Crippen molar-refractivity contribution >= 4 is 17.3 Å². The number of aliphatic carboxylic acids is 1. The number of aromatic nitrogens is 1. The van der Waals surface area contributed by atoms with Crippen LogP contribution in [0.4, 0.5) is 0 Å². The third kappa shape index (κ3) is 7.52. The molecule has 0 spiro atoms. The van der Waals surface area contributed by atoms with Crippen LogP contribution in [0.1, 0.15) is 49.4 Å². The summed E-state index contributed by atoms with van der Waals surface area (Å²) in [6.45, 7) is 12.7. The maximum Gasteiger partial charge on any atom is 0.303 e. The number of carboxylic acids is 1. The molecule has 0 fully saturated rings. The third-order valence-electron chi connectivity index (χ3n) is 5.57. The van der Waals surface area contributed by atoms with E-state index in [0.29, 0.717) is 6.61 Å². The summed E-state index contributed by atoms with van der Waals surface area (Å²) in [5.74, 6) is 0.193. The van der Waals surface area contributed by atoms with Gasteiger partial charge in [-0.1, -0.05) is 57.2 Å². The summed E-state index contributed by atoms with van der Waals surface area (Å²) in [4.78, 5) is 13.7. The van der Waals surface area contributed by atoms with Gasteiger partial charge in [0, 0.05) is 41.1 Å². The van der Waals surface area contributed by atoms with Gasteiger partial charge < -0.3 is 9.84 Å². The van der Waals surface area contributed by atoms with Crippen LogP contribution in [0.25, 0.3) is 22.3 Å². The van der Waals surface area contributed by atoms with Crippen LogP contribution in [0.5, 0.6) is 5.75 Å². The van der Waals surface area contributed by atoms with Crippen molar-refractivity contribution in [1.29, 1.82) is 0 Å². The van der Waals surface area contributed by atoms with Crippen LogP contribution in [0.3, 0.4) is 0 Å². The van der Waals surface area contributed by atoms with E-state index in [9.17, 15) is 4.79 Å². The van der Waals surface area contributed by atoms with Crippen LogP contribution in [0.15, 0.2) is 71.7 Å². The number of thiophene rings is 1. The minimum Gasteiger partial charge on any atom is -0.488 e. The Balaban J connectivity index is 0.000000551. The SMILES string of the molecule is CC.CCC(=O)O.Cc1cc(OCc2ccccc2)c(-c2cscc2-c2cccnc2)c(C)c1C. The summed E-state index contributed by atoms with van der Waals surface area (Å²) in [7, 11) is 0. The zero-order valence-electron chi connectivity index (χ0n) is 21.5. The number of hydrogen-bond acceptors (Lipinski definition) is 4. The number of ether oxygens (including phenoxy) is 1. The molecule has 0 bridgehead atoms. The number of carboxylic acid groups (broad SMARTS) is 1. The molecule has 0 aliphatic heterocycles. The first-order valence-electron chi connectivity index (χ1n) is 11.9. The molecule has 0 atom stereocenters. The number of carbonyl (C=O) groups is 1. The van der Waals surface area contributed by atoms with E-state index in [4.69, 9.17) is 9.84 Å². The van der Waals surface area contributed by atoms with Crippen LogP contribution in [-0.4, -0.2) is 16.1 Å². The van der Waals surface area contributed by atoms with Crippen molar-refractivity contribution in [2.75, 3.05) is 0 Å². The number of hydrogen-bond donors (Lipinski definition) is 1.